The normalized spacial score (nSPS) is 15.4. The van der Waals surface area contributed by atoms with Gasteiger partial charge in [0.15, 0.2) is 5.69 Å². The molecule has 0 saturated heterocycles. The van der Waals surface area contributed by atoms with E-state index in [1.54, 1.807) is 5.56 Å². The van der Waals surface area contributed by atoms with Crippen molar-refractivity contribution >= 4 is 10.8 Å². The summed E-state index contributed by atoms with van der Waals surface area (Å²) in [6.07, 6.45) is 6.89. The molecule has 0 unspecified atom stereocenters. The highest BCUT2D eigenvalue weighted by Crippen LogP contribution is 2.37. The molecule has 4 rings (SSSR count). The highest BCUT2D eigenvalue weighted by Gasteiger charge is 2.23. The minimum Gasteiger partial charge on any atom is -0.198 e. The summed E-state index contributed by atoms with van der Waals surface area (Å²) in [5, 5.41) is 2.77. The maximum absolute atomic E-state index is 2.48. The van der Waals surface area contributed by atoms with Crippen molar-refractivity contribution in [2.75, 3.05) is 0 Å². The van der Waals surface area contributed by atoms with Gasteiger partial charge in [0.25, 0.3) is 0 Å². The molecule has 1 fully saturated rings. The van der Waals surface area contributed by atoms with E-state index in [2.05, 4.69) is 82.6 Å². The molecule has 3 aromatic rings. The van der Waals surface area contributed by atoms with E-state index in [0.717, 1.165) is 5.92 Å². The molecule has 0 spiro atoms. The van der Waals surface area contributed by atoms with Crippen LogP contribution in [0.4, 0.5) is 0 Å². The molecule has 2 aromatic carbocycles. The van der Waals surface area contributed by atoms with Crippen LogP contribution in [-0.2, 0) is 7.05 Å². The molecule has 1 aliphatic rings. The van der Waals surface area contributed by atoms with Crippen LogP contribution < -0.4 is 4.57 Å². The SMILES string of the molecule is Cc1cc(C(C)C)cc(-c2c3ccc(C4CCCCC4)cc3cc(C)[n+]2C)c1C. The average Bonchev–Trinajstić information content (AvgIpc) is 2.71. The monoisotopic (exact) mass is 386 g/mol. The van der Waals surface area contributed by atoms with Crippen molar-refractivity contribution in [3.05, 3.63) is 64.3 Å². The summed E-state index contributed by atoms with van der Waals surface area (Å²) in [6.45, 7) is 11.4. The van der Waals surface area contributed by atoms with Crippen LogP contribution >= 0.6 is 0 Å². The van der Waals surface area contributed by atoms with Crippen molar-refractivity contribution < 1.29 is 4.57 Å². The summed E-state index contributed by atoms with van der Waals surface area (Å²) in [4.78, 5) is 0. The second-order valence-corrected chi connectivity index (χ2v) is 9.54. The van der Waals surface area contributed by atoms with E-state index in [1.165, 1.54) is 76.5 Å². The van der Waals surface area contributed by atoms with Gasteiger partial charge in [-0.1, -0.05) is 51.3 Å². The predicted octanol–water partition coefficient (Wildman–Crippen LogP) is 7.43. The van der Waals surface area contributed by atoms with Crippen LogP contribution in [-0.4, -0.2) is 0 Å². The molecule has 0 atom stereocenters. The lowest BCUT2D eigenvalue weighted by atomic mass is 9.83. The number of benzene rings is 2. The van der Waals surface area contributed by atoms with Crippen LogP contribution in [0.15, 0.2) is 36.4 Å². The van der Waals surface area contributed by atoms with Crippen LogP contribution in [0.2, 0.25) is 0 Å². The smallest absolute Gasteiger partial charge is 0.198 e. The van der Waals surface area contributed by atoms with Crippen molar-refractivity contribution in [3.8, 4) is 11.3 Å². The molecule has 0 amide bonds. The molecule has 1 heterocycles. The number of hydrogen-bond acceptors (Lipinski definition) is 0. The summed E-state index contributed by atoms with van der Waals surface area (Å²) >= 11 is 0. The van der Waals surface area contributed by atoms with Gasteiger partial charge < -0.3 is 0 Å². The van der Waals surface area contributed by atoms with Crippen LogP contribution in [0.25, 0.3) is 22.0 Å². The van der Waals surface area contributed by atoms with E-state index in [-0.39, 0.29) is 0 Å². The third-order valence-electron chi connectivity index (χ3n) is 7.25. The molecule has 1 saturated carbocycles. The van der Waals surface area contributed by atoms with Crippen LogP contribution in [0.3, 0.4) is 0 Å². The van der Waals surface area contributed by atoms with Gasteiger partial charge in [-0.3, -0.25) is 0 Å². The van der Waals surface area contributed by atoms with Crippen molar-refractivity contribution in [1.29, 1.82) is 0 Å². The summed E-state index contributed by atoms with van der Waals surface area (Å²) < 4.78 is 2.38. The Labute approximate surface area is 176 Å². The molecule has 1 nitrogen and oxygen atoms in total. The van der Waals surface area contributed by atoms with Gasteiger partial charge >= 0.3 is 0 Å². The number of hydrogen-bond donors (Lipinski definition) is 0. The average molecular weight is 387 g/mol. The Kier molecular flexibility index (Phi) is 5.51. The molecule has 1 aromatic heterocycles. The topological polar surface area (TPSA) is 3.88 Å². The molecule has 0 bridgehead atoms. The number of aromatic nitrogens is 1. The molecule has 0 radical (unpaired) electrons. The van der Waals surface area contributed by atoms with Gasteiger partial charge in [-0.25, -0.2) is 0 Å². The Morgan fingerprint density at radius 1 is 0.897 bits per heavy atom. The standard InChI is InChI=1S/C28H36N/c1-18(2)24-14-19(3)21(5)27(17-24)28-26-13-12-23(22-10-8-7-9-11-22)16-25(26)15-20(4)29(28)6/h12-18,22H,7-11H2,1-6H3/q+1. The van der Waals surface area contributed by atoms with E-state index in [4.69, 9.17) is 0 Å². The Hall–Kier alpha value is -2.15. The first-order valence-corrected chi connectivity index (χ1v) is 11.4. The summed E-state index contributed by atoms with van der Waals surface area (Å²) in [5.41, 5.74) is 9.82. The minimum absolute atomic E-state index is 0.535. The first kappa shape index (κ1) is 20.1. The predicted molar refractivity (Wildman–Crippen MR) is 125 cm³/mol. The van der Waals surface area contributed by atoms with E-state index in [9.17, 15) is 0 Å². The van der Waals surface area contributed by atoms with Gasteiger partial charge in [-0.2, -0.15) is 4.57 Å². The number of pyridine rings is 1. The maximum Gasteiger partial charge on any atom is 0.220 e. The van der Waals surface area contributed by atoms with Gasteiger partial charge in [0, 0.05) is 13.0 Å². The number of aryl methyl sites for hydroxylation is 2. The van der Waals surface area contributed by atoms with E-state index in [1.807, 2.05) is 0 Å². The lowest BCUT2D eigenvalue weighted by molar-refractivity contribution is -0.665. The minimum atomic E-state index is 0.535. The second kappa shape index (κ2) is 7.94. The fourth-order valence-electron chi connectivity index (χ4n) is 5.08. The fourth-order valence-corrected chi connectivity index (χ4v) is 5.08. The quantitative estimate of drug-likeness (QED) is 0.412. The molecule has 29 heavy (non-hydrogen) atoms. The number of nitrogens with zero attached hydrogens (tertiary/aromatic N) is 1. The van der Waals surface area contributed by atoms with Crippen molar-refractivity contribution in [3.63, 3.8) is 0 Å². The van der Waals surface area contributed by atoms with Crippen molar-refractivity contribution in [2.45, 2.75) is 78.6 Å². The van der Waals surface area contributed by atoms with Gasteiger partial charge in [-0.15, -0.1) is 0 Å². The third-order valence-corrected chi connectivity index (χ3v) is 7.25. The van der Waals surface area contributed by atoms with Crippen molar-refractivity contribution in [1.82, 2.24) is 0 Å². The highest BCUT2D eigenvalue weighted by molar-refractivity contribution is 5.94. The van der Waals surface area contributed by atoms with Crippen LogP contribution in [0, 0.1) is 20.8 Å². The summed E-state index contributed by atoms with van der Waals surface area (Å²) in [5.74, 6) is 1.28. The second-order valence-electron chi connectivity index (χ2n) is 9.54. The molecule has 0 N–H and O–H groups in total. The molecular weight excluding hydrogens is 350 g/mol. The Balaban J connectivity index is 1.94. The first-order valence-electron chi connectivity index (χ1n) is 11.4. The summed E-state index contributed by atoms with van der Waals surface area (Å²) in [6, 6.07) is 14.4. The van der Waals surface area contributed by atoms with Crippen LogP contribution in [0.5, 0.6) is 0 Å². The molecule has 1 heteroatoms. The van der Waals surface area contributed by atoms with Gasteiger partial charge in [0.1, 0.15) is 7.05 Å². The lowest BCUT2D eigenvalue weighted by Gasteiger charge is -2.22. The van der Waals surface area contributed by atoms with E-state index >= 15 is 0 Å². The van der Waals surface area contributed by atoms with Gasteiger partial charge in [0.2, 0.25) is 5.69 Å². The zero-order valence-corrected chi connectivity index (χ0v) is 19.1. The molecular formula is C28H36N+. The Bertz CT molecular complexity index is 1050. The lowest BCUT2D eigenvalue weighted by Crippen LogP contribution is -2.35. The van der Waals surface area contributed by atoms with E-state index in [0.29, 0.717) is 5.92 Å². The van der Waals surface area contributed by atoms with Crippen molar-refractivity contribution in [2.24, 2.45) is 7.05 Å². The Morgan fingerprint density at radius 3 is 2.31 bits per heavy atom. The van der Waals surface area contributed by atoms with Crippen LogP contribution in [0.1, 0.15) is 85.7 Å². The number of rotatable bonds is 3. The highest BCUT2D eigenvalue weighted by atomic mass is 14.9. The number of fused-ring (bicyclic) bond motifs is 1. The molecule has 0 aliphatic heterocycles. The molecule has 1 aliphatic carbocycles. The summed E-state index contributed by atoms with van der Waals surface area (Å²) in [7, 11) is 2.22. The zero-order valence-electron chi connectivity index (χ0n) is 19.1. The maximum atomic E-state index is 2.48. The zero-order chi connectivity index (χ0) is 20.7. The van der Waals surface area contributed by atoms with Gasteiger partial charge in [0.05, 0.1) is 10.9 Å². The largest absolute Gasteiger partial charge is 0.220 e. The van der Waals surface area contributed by atoms with E-state index < -0.39 is 0 Å². The molecule has 152 valence electrons. The van der Waals surface area contributed by atoms with Gasteiger partial charge in [-0.05, 0) is 78.3 Å². The third kappa shape index (κ3) is 3.72. The fraction of sp³-hybridized carbons (Fsp3) is 0.464. The Morgan fingerprint density at radius 2 is 1.62 bits per heavy atom. The first-order chi connectivity index (χ1) is 13.9.